The number of ether oxygens (including phenoxy) is 1. The SMILES string of the molecule is CCNC(=NCCNC(=O)c1ccccc1)N1CCOC(c2cnn(C)c2)C1.I. The van der Waals surface area contributed by atoms with E-state index in [0.717, 1.165) is 24.6 Å². The molecule has 1 atom stereocenters. The second-order valence-electron chi connectivity index (χ2n) is 6.61. The van der Waals surface area contributed by atoms with Crippen LogP contribution in [0.15, 0.2) is 47.7 Å². The van der Waals surface area contributed by atoms with Crippen molar-refractivity contribution >= 4 is 35.8 Å². The number of aliphatic imine (C=N–C) groups is 1. The second-order valence-corrected chi connectivity index (χ2v) is 6.61. The summed E-state index contributed by atoms with van der Waals surface area (Å²) in [7, 11) is 1.90. The highest BCUT2D eigenvalue weighted by Gasteiger charge is 2.25. The molecular weight excluding hydrogens is 483 g/mol. The number of carbonyl (C=O) groups excluding carboxylic acids is 1. The van der Waals surface area contributed by atoms with Gasteiger partial charge in [0.2, 0.25) is 0 Å². The van der Waals surface area contributed by atoms with E-state index in [-0.39, 0.29) is 36.0 Å². The maximum absolute atomic E-state index is 12.1. The normalized spacial score (nSPS) is 16.8. The molecule has 1 aliphatic heterocycles. The van der Waals surface area contributed by atoms with Crippen molar-refractivity contribution in [3.8, 4) is 0 Å². The summed E-state index contributed by atoms with van der Waals surface area (Å²) in [5.74, 6) is 0.762. The van der Waals surface area contributed by atoms with E-state index in [0.29, 0.717) is 31.8 Å². The lowest BCUT2D eigenvalue weighted by atomic mass is 10.1. The Labute approximate surface area is 188 Å². The van der Waals surface area contributed by atoms with Gasteiger partial charge in [0.25, 0.3) is 5.91 Å². The lowest BCUT2D eigenvalue weighted by molar-refractivity contribution is -0.00803. The molecule has 0 radical (unpaired) electrons. The summed E-state index contributed by atoms with van der Waals surface area (Å²) in [6, 6.07) is 9.20. The number of guanidine groups is 1. The fourth-order valence-corrected chi connectivity index (χ4v) is 3.10. The maximum Gasteiger partial charge on any atom is 0.251 e. The Bertz CT molecular complexity index is 795. The van der Waals surface area contributed by atoms with Crippen molar-refractivity contribution in [2.24, 2.45) is 12.0 Å². The minimum absolute atomic E-state index is 0. The Morgan fingerprint density at radius 2 is 2.10 bits per heavy atom. The molecule has 0 saturated carbocycles. The molecule has 1 aliphatic rings. The zero-order chi connectivity index (χ0) is 19.8. The zero-order valence-corrected chi connectivity index (χ0v) is 19.2. The van der Waals surface area contributed by atoms with E-state index >= 15 is 0 Å². The van der Waals surface area contributed by atoms with Gasteiger partial charge in [0, 0.05) is 44.0 Å². The standard InChI is InChI=1S/C20H28N6O2.HI/c1-3-21-20(23-10-9-22-19(27)16-7-5-4-6-8-16)26-11-12-28-18(15-26)17-13-24-25(2)14-17;/h4-8,13-14,18H,3,9-12,15H2,1-2H3,(H,21,23)(H,22,27);1H. The summed E-state index contributed by atoms with van der Waals surface area (Å²) in [5.41, 5.74) is 1.73. The van der Waals surface area contributed by atoms with E-state index in [1.807, 2.05) is 44.6 Å². The number of carbonyl (C=O) groups is 1. The monoisotopic (exact) mass is 512 g/mol. The van der Waals surface area contributed by atoms with Crippen LogP contribution in [0.3, 0.4) is 0 Å². The molecule has 29 heavy (non-hydrogen) atoms. The van der Waals surface area contributed by atoms with Crippen LogP contribution >= 0.6 is 24.0 Å². The molecule has 1 aromatic carbocycles. The molecule has 2 N–H and O–H groups in total. The number of benzene rings is 1. The van der Waals surface area contributed by atoms with Crippen molar-refractivity contribution < 1.29 is 9.53 Å². The van der Waals surface area contributed by atoms with E-state index < -0.39 is 0 Å². The van der Waals surface area contributed by atoms with Gasteiger partial charge < -0.3 is 20.3 Å². The van der Waals surface area contributed by atoms with Crippen LogP contribution in [-0.4, -0.2) is 65.9 Å². The van der Waals surface area contributed by atoms with Gasteiger partial charge in [-0.3, -0.25) is 14.5 Å². The summed E-state index contributed by atoms with van der Waals surface area (Å²) in [6.07, 6.45) is 3.80. The highest BCUT2D eigenvalue weighted by molar-refractivity contribution is 14.0. The molecule has 1 aromatic heterocycles. The van der Waals surface area contributed by atoms with Crippen LogP contribution in [0.2, 0.25) is 0 Å². The number of halogens is 1. The first-order chi connectivity index (χ1) is 13.7. The van der Waals surface area contributed by atoms with Crippen molar-refractivity contribution in [3.63, 3.8) is 0 Å². The van der Waals surface area contributed by atoms with E-state index in [1.54, 1.807) is 16.8 Å². The zero-order valence-electron chi connectivity index (χ0n) is 16.9. The fraction of sp³-hybridized carbons (Fsp3) is 0.450. The molecule has 1 saturated heterocycles. The first kappa shape index (κ1) is 23.1. The van der Waals surface area contributed by atoms with Gasteiger partial charge in [-0.05, 0) is 19.1 Å². The van der Waals surface area contributed by atoms with Crippen LogP contribution in [0.4, 0.5) is 0 Å². The van der Waals surface area contributed by atoms with E-state index in [1.165, 1.54) is 0 Å². The van der Waals surface area contributed by atoms with Crippen molar-refractivity contribution in [1.29, 1.82) is 0 Å². The summed E-state index contributed by atoms with van der Waals surface area (Å²) in [6.45, 7) is 5.95. The Hall–Kier alpha value is -2.14. The van der Waals surface area contributed by atoms with Gasteiger partial charge in [-0.1, -0.05) is 18.2 Å². The van der Waals surface area contributed by atoms with E-state index in [2.05, 4.69) is 25.6 Å². The van der Waals surface area contributed by atoms with Gasteiger partial charge in [0.15, 0.2) is 5.96 Å². The summed E-state index contributed by atoms with van der Waals surface area (Å²) >= 11 is 0. The highest BCUT2D eigenvalue weighted by atomic mass is 127. The summed E-state index contributed by atoms with van der Waals surface area (Å²) in [5, 5.41) is 10.5. The van der Waals surface area contributed by atoms with Gasteiger partial charge in [-0.15, -0.1) is 24.0 Å². The average molecular weight is 512 g/mol. The highest BCUT2D eigenvalue weighted by Crippen LogP contribution is 2.21. The smallest absolute Gasteiger partial charge is 0.251 e. The molecule has 0 aliphatic carbocycles. The lowest BCUT2D eigenvalue weighted by Crippen LogP contribution is -2.48. The third-order valence-corrected chi connectivity index (χ3v) is 4.49. The number of aromatic nitrogens is 2. The largest absolute Gasteiger partial charge is 0.370 e. The first-order valence-electron chi connectivity index (χ1n) is 9.64. The molecule has 1 fully saturated rings. The molecule has 1 amide bonds. The lowest BCUT2D eigenvalue weighted by Gasteiger charge is -2.34. The summed E-state index contributed by atoms with van der Waals surface area (Å²) < 4.78 is 7.69. The topological polar surface area (TPSA) is 83.8 Å². The Balaban J connectivity index is 0.00000300. The van der Waals surface area contributed by atoms with E-state index in [4.69, 9.17) is 4.74 Å². The number of morpholine rings is 1. The predicted octanol–water partition coefficient (Wildman–Crippen LogP) is 1.81. The van der Waals surface area contributed by atoms with Crippen LogP contribution in [0.25, 0.3) is 0 Å². The average Bonchev–Trinajstić information content (AvgIpc) is 3.17. The third-order valence-electron chi connectivity index (χ3n) is 4.49. The van der Waals surface area contributed by atoms with Gasteiger partial charge in [0.05, 0.1) is 25.9 Å². The van der Waals surface area contributed by atoms with Crippen molar-refractivity contribution in [2.75, 3.05) is 39.3 Å². The van der Waals surface area contributed by atoms with Crippen molar-refractivity contribution in [2.45, 2.75) is 13.0 Å². The molecule has 1 unspecified atom stereocenters. The Morgan fingerprint density at radius 3 is 2.79 bits per heavy atom. The summed E-state index contributed by atoms with van der Waals surface area (Å²) in [4.78, 5) is 19.0. The second kappa shape index (κ2) is 11.8. The number of hydrogen-bond acceptors (Lipinski definition) is 4. The van der Waals surface area contributed by atoms with Gasteiger partial charge in [-0.2, -0.15) is 5.10 Å². The molecular formula is C20H29IN6O2. The van der Waals surface area contributed by atoms with Crippen molar-refractivity contribution in [1.82, 2.24) is 25.3 Å². The molecule has 0 spiro atoms. The van der Waals surface area contributed by atoms with Crippen LogP contribution in [0.1, 0.15) is 28.9 Å². The third kappa shape index (κ3) is 6.70. The van der Waals surface area contributed by atoms with E-state index in [9.17, 15) is 4.79 Å². The quantitative estimate of drug-likeness (QED) is 0.267. The van der Waals surface area contributed by atoms with Gasteiger partial charge >= 0.3 is 0 Å². The number of amides is 1. The first-order valence-corrected chi connectivity index (χ1v) is 9.64. The van der Waals surface area contributed by atoms with Crippen LogP contribution in [0.5, 0.6) is 0 Å². The van der Waals surface area contributed by atoms with Crippen LogP contribution in [0, 0.1) is 0 Å². The molecule has 8 nitrogen and oxygen atoms in total. The molecule has 2 aromatic rings. The number of hydrogen-bond donors (Lipinski definition) is 2. The number of aryl methyl sites for hydroxylation is 1. The van der Waals surface area contributed by atoms with Crippen molar-refractivity contribution in [3.05, 3.63) is 53.9 Å². The number of rotatable bonds is 6. The molecule has 158 valence electrons. The van der Waals surface area contributed by atoms with Crippen LogP contribution in [-0.2, 0) is 11.8 Å². The Morgan fingerprint density at radius 1 is 1.31 bits per heavy atom. The predicted molar refractivity (Wildman–Crippen MR) is 124 cm³/mol. The maximum atomic E-state index is 12.1. The minimum atomic E-state index is -0.0798. The molecule has 2 heterocycles. The fourth-order valence-electron chi connectivity index (χ4n) is 3.10. The van der Waals surface area contributed by atoms with Gasteiger partial charge in [-0.25, -0.2) is 0 Å². The molecule has 0 bridgehead atoms. The number of nitrogens with zero attached hydrogens (tertiary/aromatic N) is 4. The van der Waals surface area contributed by atoms with Gasteiger partial charge in [0.1, 0.15) is 6.10 Å². The minimum Gasteiger partial charge on any atom is -0.370 e. The molecule has 3 rings (SSSR count). The van der Waals surface area contributed by atoms with Crippen LogP contribution < -0.4 is 10.6 Å². The Kier molecular flexibility index (Phi) is 9.39. The molecule has 9 heteroatoms. The number of nitrogens with one attached hydrogen (secondary N) is 2.